The van der Waals surface area contributed by atoms with Crippen LogP contribution in [0.5, 0.6) is 0 Å². The Morgan fingerprint density at radius 1 is 0.529 bits per heavy atom. The van der Waals surface area contributed by atoms with E-state index in [9.17, 15) is 40.9 Å². The molecule has 0 amide bonds. The van der Waals surface area contributed by atoms with E-state index >= 15 is 0 Å². The van der Waals surface area contributed by atoms with E-state index in [1.165, 1.54) is 0 Å². The molecule has 10 nitrogen and oxygen atoms in total. The van der Waals surface area contributed by atoms with Crippen molar-refractivity contribution in [1.29, 1.82) is 0 Å². The van der Waals surface area contributed by atoms with Crippen molar-refractivity contribution in [2.45, 2.75) is 61.0 Å². The molecule has 0 aromatic heterocycles. The zero-order chi connectivity index (χ0) is 24.6. The van der Waals surface area contributed by atoms with Gasteiger partial charge in [0.15, 0.2) is 0 Å². The van der Waals surface area contributed by atoms with Gasteiger partial charge >= 0.3 is 0 Å². The van der Waals surface area contributed by atoms with Crippen LogP contribution in [-0.4, -0.2) is 103 Å². The minimum Gasteiger partial charge on any atom is -0.394 e. The number of rotatable bonds is 5. The minimum absolute atomic E-state index is 0.510. The molecular formula is C24H30O10. The lowest BCUT2D eigenvalue weighted by molar-refractivity contribution is -0.231. The number of hydrogen-bond acceptors (Lipinski definition) is 10. The van der Waals surface area contributed by atoms with Gasteiger partial charge in [0.05, 0.1) is 13.2 Å². The summed E-state index contributed by atoms with van der Waals surface area (Å²) in [4.78, 5) is 0. The van der Waals surface area contributed by atoms with Crippen molar-refractivity contribution in [3.8, 4) is 11.1 Å². The number of aliphatic hydroxyl groups is 8. The number of hydrogen-bond donors (Lipinski definition) is 8. The van der Waals surface area contributed by atoms with Gasteiger partial charge in [-0.25, -0.2) is 0 Å². The van der Waals surface area contributed by atoms with Gasteiger partial charge in [0, 0.05) is 0 Å². The zero-order valence-corrected chi connectivity index (χ0v) is 18.2. The molecule has 0 bridgehead atoms. The Hall–Kier alpha value is -1.96. The SMILES string of the molecule is OCC1OC(c2ccc(-c3cccc(C4OC(CO)C(O)C(O)C4O)c3)cc2)C(O)C(O)C1O. The summed E-state index contributed by atoms with van der Waals surface area (Å²) < 4.78 is 11.2. The monoisotopic (exact) mass is 478 g/mol. The third-order valence-corrected chi connectivity index (χ3v) is 6.57. The fourth-order valence-corrected chi connectivity index (χ4v) is 4.51. The van der Waals surface area contributed by atoms with E-state index in [1.54, 1.807) is 42.5 Å². The van der Waals surface area contributed by atoms with E-state index in [1.807, 2.05) is 6.07 Å². The second kappa shape index (κ2) is 10.3. The van der Waals surface area contributed by atoms with Crippen molar-refractivity contribution in [2.24, 2.45) is 0 Å². The van der Waals surface area contributed by atoms with Gasteiger partial charge in [-0.2, -0.15) is 0 Å². The van der Waals surface area contributed by atoms with Gasteiger partial charge in [-0.05, 0) is 28.3 Å². The molecule has 4 rings (SSSR count). The Morgan fingerprint density at radius 3 is 1.53 bits per heavy atom. The Labute approximate surface area is 195 Å². The van der Waals surface area contributed by atoms with Crippen LogP contribution in [0.15, 0.2) is 48.5 Å². The van der Waals surface area contributed by atoms with Crippen LogP contribution in [0, 0.1) is 0 Å². The van der Waals surface area contributed by atoms with Gasteiger partial charge in [0.1, 0.15) is 61.0 Å². The molecule has 2 aromatic rings. The number of benzene rings is 2. The predicted octanol–water partition coefficient (Wildman–Crippen LogP) is -1.62. The van der Waals surface area contributed by atoms with Crippen LogP contribution < -0.4 is 0 Å². The lowest BCUT2D eigenvalue weighted by Gasteiger charge is -2.40. The molecule has 2 aliphatic rings. The van der Waals surface area contributed by atoms with E-state index in [0.29, 0.717) is 11.1 Å². The van der Waals surface area contributed by atoms with E-state index in [4.69, 9.17) is 9.47 Å². The summed E-state index contributed by atoms with van der Waals surface area (Å²) in [5.41, 5.74) is 2.63. The van der Waals surface area contributed by atoms with Crippen molar-refractivity contribution in [2.75, 3.05) is 13.2 Å². The van der Waals surface area contributed by atoms with Gasteiger partial charge in [-0.3, -0.25) is 0 Å². The maximum Gasteiger partial charge on any atom is 0.113 e. The third kappa shape index (κ3) is 4.62. The van der Waals surface area contributed by atoms with Gasteiger partial charge in [0.2, 0.25) is 0 Å². The van der Waals surface area contributed by atoms with Crippen LogP contribution in [0.3, 0.4) is 0 Å². The topological polar surface area (TPSA) is 180 Å². The van der Waals surface area contributed by atoms with Crippen molar-refractivity contribution in [1.82, 2.24) is 0 Å². The lowest BCUT2D eigenvalue weighted by Crippen LogP contribution is -2.55. The quantitative estimate of drug-likeness (QED) is 0.249. The van der Waals surface area contributed by atoms with Crippen LogP contribution in [0.25, 0.3) is 11.1 Å². The molecule has 10 unspecified atom stereocenters. The van der Waals surface area contributed by atoms with Crippen LogP contribution in [0.2, 0.25) is 0 Å². The highest BCUT2D eigenvalue weighted by molar-refractivity contribution is 5.64. The maximum absolute atomic E-state index is 10.4. The van der Waals surface area contributed by atoms with Gasteiger partial charge in [-0.1, -0.05) is 42.5 Å². The molecule has 8 N–H and O–H groups in total. The largest absolute Gasteiger partial charge is 0.394 e. The highest BCUT2D eigenvalue weighted by atomic mass is 16.6. The zero-order valence-electron chi connectivity index (χ0n) is 18.2. The summed E-state index contributed by atoms with van der Waals surface area (Å²) in [5, 5.41) is 79.7. The Balaban J connectivity index is 1.56. The Bertz CT molecular complexity index is 949. The van der Waals surface area contributed by atoms with E-state index in [0.717, 1.165) is 11.1 Å². The lowest BCUT2D eigenvalue weighted by atomic mass is 9.89. The van der Waals surface area contributed by atoms with Crippen LogP contribution >= 0.6 is 0 Å². The fraction of sp³-hybridized carbons (Fsp3) is 0.500. The Kier molecular flexibility index (Phi) is 7.65. The first-order valence-electron chi connectivity index (χ1n) is 11.1. The van der Waals surface area contributed by atoms with Gasteiger partial charge < -0.3 is 50.3 Å². The van der Waals surface area contributed by atoms with Crippen LogP contribution in [0.1, 0.15) is 23.3 Å². The summed E-state index contributed by atoms with van der Waals surface area (Å²) >= 11 is 0. The molecule has 2 heterocycles. The van der Waals surface area contributed by atoms with Crippen LogP contribution in [-0.2, 0) is 9.47 Å². The highest BCUT2D eigenvalue weighted by Gasteiger charge is 2.45. The molecule has 0 aliphatic carbocycles. The standard InChI is InChI=1S/C24H30O10/c25-9-15-17(27)19(29)21(31)23(33-15)12-6-4-11(5-7-12)13-2-1-3-14(8-13)24-22(32)20(30)18(28)16(10-26)34-24/h1-8,15-32H,9-10H2. The number of aliphatic hydroxyl groups excluding tert-OH is 8. The van der Waals surface area contributed by atoms with Crippen LogP contribution in [0.4, 0.5) is 0 Å². The first-order chi connectivity index (χ1) is 16.3. The van der Waals surface area contributed by atoms with Crippen molar-refractivity contribution in [3.63, 3.8) is 0 Å². The second-order valence-electron chi connectivity index (χ2n) is 8.75. The van der Waals surface area contributed by atoms with E-state index < -0.39 is 74.3 Å². The molecule has 186 valence electrons. The molecule has 0 spiro atoms. The first-order valence-corrected chi connectivity index (χ1v) is 11.1. The first kappa shape index (κ1) is 25.1. The molecule has 2 aliphatic heterocycles. The normalized spacial score (nSPS) is 38.6. The average molecular weight is 478 g/mol. The van der Waals surface area contributed by atoms with Crippen molar-refractivity contribution >= 4 is 0 Å². The molecule has 2 fully saturated rings. The third-order valence-electron chi connectivity index (χ3n) is 6.57. The maximum atomic E-state index is 10.4. The van der Waals surface area contributed by atoms with Gasteiger partial charge in [-0.15, -0.1) is 0 Å². The summed E-state index contributed by atoms with van der Waals surface area (Å²) in [5.74, 6) is 0. The summed E-state index contributed by atoms with van der Waals surface area (Å²) in [7, 11) is 0. The second-order valence-corrected chi connectivity index (χ2v) is 8.75. The minimum atomic E-state index is -1.47. The van der Waals surface area contributed by atoms with Gasteiger partial charge in [0.25, 0.3) is 0 Å². The molecule has 0 saturated carbocycles. The molecule has 2 saturated heterocycles. The molecule has 34 heavy (non-hydrogen) atoms. The molecule has 10 heteroatoms. The molecule has 0 radical (unpaired) electrons. The van der Waals surface area contributed by atoms with Crippen molar-refractivity contribution < 1.29 is 50.3 Å². The Morgan fingerprint density at radius 2 is 1.03 bits per heavy atom. The van der Waals surface area contributed by atoms with E-state index in [2.05, 4.69) is 0 Å². The fourth-order valence-electron chi connectivity index (χ4n) is 4.51. The smallest absolute Gasteiger partial charge is 0.113 e. The summed E-state index contributed by atoms with van der Waals surface area (Å²) in [6.07, 6.45) is -12.5. The predicted molar refractivity (Wildman–Crippen MR) is 117 cm³/mol. The summed E-state index contributed by atoms with van der Waals surface area (Å²) in [6.45, 7) is -1.02. The van der Waals surface area contributed by atoms with Crippen molar-refractivity contribution in [3.05, 3.63) is 59.7 Å². The molecule has 10 atom stereocenters. The average Bonchev–Trinajstić information content (AvgIpc) is 2.86. The van der Waals surface area contributed by atoms with E-state index in [-0.39, 0.29) is 0 Å². The molecular weight excluding hydrogens is 448 g/mol. The highest BCUT2D eigenvalue weighted by Crippen LogP contribution is 2.36. The summed E-state index contributed by atoms with van der Waals surface area (Å²) in [6, 6.07) is 14.0. The number of ether oxygens (including phenoxy) is 2. The molecule has 2 aromatic carbocycles.